The summed E-state index contributed by atoms with van der Waals surface area (Å²) in [6.45, 7) is 0.268. The number of ether oxygens (including phenoxy) is 1. The van der Waals surface area contributed by atoms with Crippen LogP contribution in [0.3, 0.4) is 0 Å². The van der Waals surface area contributed by atoms with Gasteiger partial charge in [-0.1, -0.05) is 6.07 Å². The van der Waals surface area contributed by atoms with Crippen molar-refractivity contribution in [3.8, 4) is 5.75 Å². The first-order valence-corrected chi connectivity index (χ1v) is 7.18. The largest absolute Gasteiger partial charge is 0.496 e. The van der Waals surface area contributed by atoms with Crippen LogP contribution < -0.4 is 10.1 Å². The van der Waals surface area contributed by atoms with E-state index in [9.17, 15) is 9.18 Å². The summed E-state index contributed by atoms with van der Waals surface area (Å²) in [7, 11) is 1.52. The fourth-order valence-electron chi connectivity index (χ4n) is 1.86. The normalized spacial score (nSPS) is 10.3. The molecule has 0 bridgehead atoms. The predicted octanol–water partition coefficient (Wildman–Crippen LogP) is 3.14. The van der Waals surface area contributed by atoms with Gasteiger partial charge in [0, 0.05) is 23.4 Å². The maximum atomic E-state index is 13.2. The molecule has 1 N–H and O–H groups in total. The second-order valence-electron chi connectivity index (χ2n) is 4.31. The molecule has 20 heavy (non-hydrogen) atoms. The van der Waals surface area contributed by atoms with E-state index in [4.69, 9.17) is 4.74 Å². The SMILES string of the molecule is COc1ccc(F)cc1CNC(=O)CCc1cccs1. The molecule has 106 valence electrons. The van der Waals surface area contributed by atoms with Gasteiger partial charge < -0.3 is 10.1 Å². The van der Waals surface area contributed by atoms with Crippen LogP contribution in [0, 0.1) is 5.82 Å². The summed E-state index contributed by atoms with van der Waals surface area (Å²) in [6.07, 6.45) is 1.15. The smallest absolute Gasteiger partial charge is 0.220 e. The summed E-state index contributed by atoms with van der Waals surface area (Å²) in [5, 5.41) is 4.77. The molecule has 0 saturated heterocycles. The molecule has 1 heterocycles. The maximum absolute atomic E-state index is 13.2. The molecule has 0 spiro atoms. The number of amides is 1. The Balaban J connectivity index is 1.85. The van der Waals surface area contributed by atoms with Crippen LogP contribution in [0.5, 0.6) is 5.75 Å². The van der Waals surface area contributed by atoms with E-state index in [0.717, 1.165) is 6.42 Å². The second kappa shape index (κ2) is 7.05. The number of carbonyl (C=O) groups is 1. The number of hydrogen-bond donors (Lipinski definition) is 1. The Labute approximate surface area is 121 Å². The van der Waals surface area contributed by atoms with Crippen molar-refractivity contribution in [2.24, 2.45) is 0 Å². The first-order chi connectivity index (χ1) is 9.69. The van der Waals surface area contributed by atoms with E-state index in [2.05, 4.69) is 5.32 Å². The number of methoxy groups -OCH3 is 1. The number of nitrogens with one attached hydrogen (secondary N) is 1. The highest BCUT2D eigenvalue weighted by Crippen LogP contribution is 2.19. The number of thiophene rings is 1. The van der Waals surface area contributed by atoms with Gasteiger partial charge in [-0.15, -0.1) is 11.3 Å². The summed E-state index contributed by atoms with van der Waals surface area (Å²) in [5.41, 5.74) is 0.636. The molecule has 5 heteroatoms. The molecule has 1 amide bonds. The van der Waals surface area contributed by atoms with Crippen LogP contribution in [-0.4, -0.2) is 13.0 Å². The molecule has 0 radical (unpaired) electrons. The van der Waals surface area contributed by atoms with Gasteiger partial charge in [0.25, 0.3) is 0 Å². The monoisotopic (exact) mass is 293 g/mol. The molecular formula is C15H16FNO2S. The Kier molecular flexibility index (Phi) is 5.12. The van der Waals surface area contributed by atoms with Gasteiger partial charge in [-0.3, -0.25) is 4.79 Å². The van der Waals surface area contributed by atoms with Gasteiger partial charge in [0.05, 0.1) is 7.11 Å². The summed E-state index contributed by atoms with van der Waals surface area (Å²) < 4.78 is 18.3. The third-order valence-corrected chi connectivity index (χ3v) is 3.83. The average molecular weight is 293 g/mol. The lowest BCUT2D eigenvalue weighted by molar-refractivity contribution is -0.121. The van der Waals surface area contributed by atoms with Crippen LogP contribution in [0.2, 0.25) is 0 Å². The van der Waals surface area contributed by atoms with E-state index >= 15 is 0 Å². The standard InChI is InChI=1S/C15H16FNO2S/c1-19-14-6-4-12(16)9-11(14)10-17-15(18)7-5-13-3-2-8-20-13/h2-4,6,8-9H,5,7,10H2,1H3,(H,17,18). The van der Waals surface area contributed by atoms with Crippen LogP contribution in [0.4, 0.5) is 4.39 Å². The molecule has 3 nitrogen and oxygen atoms in total. The van der Waals surface area contributed by atoms with Crippen molar-refractivity contribution in [3.63, 3.8) is 0 Å². The summed E-state index contributed by atoms with van der Waals surface area (Å²) >= 11 is 1.64. The Hall–Kier alpha value is -1.88. The predicted molar refractivity (Wildman–Crippen MR) is 77.4 cm³/mol. The van der Waals surface area contributed by atoms with E-state index < -0.39 is 0 Å². The van der Waals surface area contributed by atoms with Crippen LogP contribution in [0.25, 0.3) is 0 Å². The summed E-state index contributed by atoms with van der Waals surface area (Å²) in [6, 6.07) is 8.24. The number of carbonyl (C=O) groups excluding carboxylic acids is 1. The Morgan fingerprint density at radius 2 is 2.25 bits per heavy atom. The topological polar surface area (TPSA) is 38.3 Å². The molecule has 1 aromatic carbocycles. The molecular weight excluding hydrogens is 277 g/mol. The van der Waals surface area contributed by atoms with Crippen molar-refractivity contribution < 1.29 is 13.9 Å². The van der Waals surface area contributed by atoms with Crippen molar-refractivity contribution >= 4 is 17.2 Å². The van der Waals surface area contributed by atoms with Crippen molar-refractivity contribution in [1.29, 1.82) is 0 Å². The first-order valence-electron chi connectivity index (χ1n) is 6.30. The Morgan fingerprint density at radius 1 is 1.40 bits per heavy atom. The van der Waals surface area contributed by atoms with Gasteiger partial charge in [0.15, 0.2) is 0 Å². The molecule has 0 unspecified atom stereocenters. The number of benzene rings is 1. The number of rotatable bonds is 6. The third kappa shape index (κ3) is 4.06. The zero-order valence-electron chi connectivity index (χ0n) is 11.2. The second-order valence-corrected chi connectivity index (χ2v) is 5.34. The average Bonchev–Trinajstić information content (AvgIpc) is 2.96. The van der Waals surface area contributed by atoms with Crippen LogP contribution in [0.15, 0.2) is 35.7 Å². The molecule has 2 aromatic rings. The summed E-state index contributed by atoms with van der Waals surface area (Å²) in [4.78, 5) is 12.9. The van der Waals surface area contributed by atoms with Crippen LogP contribution in [0.1, 0.15) is 16.9 Å². The fraction of sp³-hybridized carbons (Fsp3) is 0.267. The van der Waals surface area contributed by atoms with E-state index in [1.165, 1.54) is 24.1 Å². The van der Waals surface area contributed by atoms with Gasteiger partial charge in [-0.25, -0.2) is 4.39 Å². The number of aryl methyl sites for hydroxylation is 1. The van der Waals surface area contributed by atoms with E-state index in [-0.39, 0.29) is 18.3 Å². The van der Waals surface area contributed by atoms with E-state index in [1.54, 1.807) is 17.4 Å². The van der Waals surface area contributed by atoms with E-state index in [0.29, 0.717) is 17.7 Å². The lowest BCUT2D eigenvalue weighted by Crippen LogP contribution is -2.23. The minimum absolute atomic E-state index is 0.0512. The van der Waals surface area contributed by atoms with Crippen molar-refractivity contribution in [2.45, 2.75) is 19.4 Å². The van der Waals surface area contributed by atoms with E-state index in [1.807, 2.05) is 17.5 Å². The van der Waals surface area contributed by atoms with Crippen LogP contribution in [-0.2, 0) is 17.8 Å². The minimum Gasteiger partial charge on any atom is -0.496 e. The van der Waals surface area contributed by atoms with Gasteiger partial charge in [-0.05, 0) is 36.1 Å². The maximum Gasteiger partial charge on any atom is 0.220 e. The fourth-order valence-corrected chi connectivity index (χ4v) is 2.57. The zero-order valence-corrected chi connectivity index (χ0v) is 12.0. The molecule has 0 fully saturated rings. The van der Waals surface area contributed by atoms with Gasteiger partial charge in [-0.2, -0.15) is 0 Å². The number of hydrogen-bond acceptors (Lipinski definition) is 3. The lowest BCUT2D eigenvalue weighted by Gasteiger charge is -2.09. The van der Waals surface area contributed by atoms with Crippen LogP contribution >= 0.6 is 11.3 Å². The third-order valence-electron chi connectivity index (χ3n) is 2.90. The minimum atomic E-state index is -0.339. The molecule has 0 aliphatic carbocycles. The Bertz CT molecular complexity index is 569. The molecule has 0 aliphatic rings. The highest BCUT2D eigenvalue weighted by molar-refractivity contribution is 7.09. The molecule has 0 atom stereocenters. The van der Waals surface area contributed by atoms with Gasteiger partial charge in [0.2, 0.25) is 5.91 Å². The lowest BCUT2D eigenvalue weighted by atomic mass is 10.2. The van der Waals surface area contributed by atoms with Gasteiger partial charge in [0.1, 0.15) is 11.6 Å². The molecule has 1 aromatic heterocycles. The molecule has 0 aliphatic heterocycles. The first kappa shape index (κ1) is 14.5. The van der Waals surface area contributed by atoms with Crippen molar-refractivity contribution in [1.82, 2.24) is 5.32 Å². The van der Waals surface area contributed by atoms with Crippen molar-refractivity contribution in [2.75, 3.05) is 7.11 Å². The molecule has 0 saturated carbocycles. The quantitative estimate of drug-likeness (QED) is 0.888. The number of halogens is 1. The highest BCUT2D eigenvalue weighted by atomic mass is 32.1. The van der Waals surface area contributed by atoms with Crippen molar-refractivity contribution in [3.05, 3.63) is 52.0 Å². The summed E-state index contributed by atoms with van der Waals surface area (Å²) in [5.74, 6) is 0.184. The molecule has 2 rings (SSSR count). The zero-order chi connectivity index (χ0) is 14.4. The Morgan fingerprint density at radius 3 is 2.95 bits per heavy atom. The highest BCUT2D eigenvalue weighted by Gasteiger charge is 2.07. The van der Waals surface area contributed by atoms with Gasteiger partial charge >= 0.3 is 0 Å².